The molecular weight excluding hydrogens is 376 g/mol. The average Bonchev–Trinajstić information content (AvgIpc) is 2.67. The Bertz CT molecular complexity index is 911. The maximum absolute atomic E-state index is 13.2. The molecule has 25 heavy (non-hydrogen) atoms. The van der Waals surface area contributed by atoms with Crippen molar-refractivity contribution >= 4 is 33.2 Å². The van der Waals surface area contributed by atoms with Gasteiger partial charge in [0, 0.05) is 4.47 Å². The summed E-state index contributed by atoms with van der Waals surface area (Å²) in [7, 11) is 0. The topological polar surface area (TPSA) is 32.3 Å². The Balaban J connectivity index is 1.75. The largest absolute Gasteiger partial charge is 0.375 e. The molecule has 3 aromatic carbocycles. The van der Waals surface area contributed by atoms with Gasteiger partial charge in [-0.05, 0) is 45.8 Å². The van der Waals surface area contributed by atoms with Crippen LogP contribution in [0.25, 0.3) is 0 Å². The highest BCUT2D eigenvalue weighted by molar-refractivity contribution is 9.10. The van der Waals surface area contributed by atoms with Crippen molar-refractivity contribution in [3.05, 3.63) is 94.5 Å². The molecule has 1 N–H and O–H groups in total. The van der Waals surface area contributed by atoms with Gasteiger partial charge in [-0.3, -0.25) is 4.79 Å². The number of nitrogens with zero attached hydrogens (tertiary/aromatic N) is 1. The van der Waals surface area contributed by atoms with E-state index in [0.29, 0.717) is 12.1 Å². The van der Waals surface area contributed by atoms with Crippen molar-refractivity contribution in [2.24, 2.45) is 0 Å². The predicted molar refractivity (Wildman–Crippen MR) is 105 cm³/mol. The molecule has 0 fully saturated rings. The molecule has 4 rings (SSSR count). The Labute approximate surface area is 155 Å². The second-order valence-electron chi connectivity index (χ2n) is 6.02. The van der Waals surface area contributed by atoms with Crippen LogP contribution in [0.4, 0.5) is 11.4 Å². The van der Waals surface area contributed by atoms with Gasteiger partial charge in [0.05, 0.1) is 29.5 Å². The van der Waals surface area contributed by atoms with Gasteiger partial charge in [-0.2, -0.15) is 0 Å². The first kappa shape index (κ1) is 15.9. The predicted octanol–water partition coefficient (Wildman–Crippen LogP) is 5.26. The van der Waals surface area contributed by atoms with Crippen LogP contribution < -0.4 is 10.2 Å². The van der Waals surface area contributed by atoms with E-state index in [1.807, 2.05) is 71.6 Å². The quantitative estimate of drug-likeness (QED) is 0.644. The Morgan fingerprint density at radius 2 is 1.60 bits per heavy atom. The zero-order chi connectivity index (χ0) is 17.2. The number of rotatable bonds is 2. The van der Waals surface area contributed by atoms with Crippen molar-refractivity contribution in [1.82, 2.24) is 0 Å². The summed E-state index contributed by atoms with van der Waals surface area (Å²) >= 11 is 3.50. The van der Waals surface area contributed by atoms with Crippen LogP contribution in [0.3, 0.4) is 0 Å². The number of hydrogen-bond acceptors (Lipinski definition) is 2. The number of para-hydroxylation sites is 2. The molecule has 0 aromatic heterocycles. The normalized spacial score (nSPS) is 16.0. The van der Waals surface area contributed by atoms with Crippen LogP contribution in [-0.4, -0.2) is 12.5 Å². The number of amides is 1. The maximum Gasteiger partial charge on any atom is 0.259 e. The van der Waals surface area contributed by atoms with Crippen LogP contribution in [0.15, 0.2) is 83.3 Å². The van der Waals surface area contributed by atoms with Crippen molar-refractivity contribution in [2.45, 2.75) is 6.04 Å². The van der Waals surface area contributed by atoms with Crippen LogP contribution >= 0.6 is 15.9 Å². The van der Waals surface area contributed by atoms with Crippen molar-refractivity contribution in [2.75, 3.05) is 16.8 Å². The van der Waals surface area contributed by atoms with E-state index in [-0.39, 0.29) is 11.9 Å². The summed E-state index contributed by atoms with van der Waals surface area (Å²) in [4.78, 5) is 15.1. The number of carbonyl (C=O) groups excluding carboxylic acids is 1. The highest BCUT2D eigenvalue weighted by Gasteiger charge is 2.30. The lowest BCUT2D eigenvalue weighted by atomic mass is 10.0. The second-order valence-corrected chi connectivity index (χ2v) is 6.87. The zero-order valence-electron chi connectivity index (χ0n) is 13.5. The number of nitrogens with one attached hydrogen (secondary N) is 1. The molecule has 1 unspecified atom stereocenters. The molecule has 0 saturated heterocycles. The smallest absolute Gasteiger partial charge is 0.259 e. The van der Waals surface area contributed by atoms with Crippen molar-refractivity contribution in [3.8, 4) is 0 Å². The third kappa shape index (κ3) is 3.05. The molecule has 0 saturated carbocycles. The third-order valence-corrected chi connectivity index (χ3v) is 5.13. The molecule has 1 aliphatic rings. The molecule has 1 amide bonds. The van der Waals surface area contributed by atoms with E-state index >= 15 is 0 Å². The third-order valence-electron chi connectivity index (χ3n) is 4.44. The Kier molecular flexibility index (Phi) is 4.28. The summed E-state index contributed by atoms with van der Waals surface area (Å²) in [5.74, 6) is 0.00218. The molecule has 1 heterocycles. The summed E-state index contributed by atoms with van der Waals surface area (Å²) in [6.45, 7) is 0.585. The highest BCUT2D eigenvalue weighted by atomic mass is 79.9. The molecular formula is C21H17BrN2O. The Morgan fingerprint density at radius 1 is 0.920 bits per heavy atom. The van der Waals surface area contributed by atoms with Crippen molar-refractivity contribution in [1.29, 1.82) is 0 Å². The van der Waals surface area contributed by atoms with Gasteiger partial charge >= 0.3 is 0 Å². The lowest BCUT2D eigenvalue weighted by molar-refractivity contribution is 0.0984. The number of carbonyl (C=O) groups is 1. The van der Waals surface area contributed by atoms with Crippen LogP contribution in [0.1, 0.15) is 22.0 Å². The average molecular weight is 393 g/mol. The van der Waals surface area contributed by atoms with Gasteiger partial charge < -0.3 is 10.2 Å². The van der Waals surface area contributed by atoms with E-state index in [1.165, 1.54) is 5.56 Å². The minimum atomic E-state index is 0.00218. The number of fused-ring (bicyclic) bond motifs is 1. The number of benzene rings is 3. The first-order chi connectivity index (χ1) is 12.2. The molecule has 0 aliphatic carbocycles. The van der Waals surface area contributed by atoms with E-state index in [9.17, 15) is 4.79 Å². The van der Waals surface area contributed by atoms with Crippen LogP contribution in [0.2, 0.25) is 0 Å². The van der Waals surface area contributed by atoms with Crippen LogP contribution in [0, 0.1) is 0 Å². The SMILES string of the molecule is O=C(c1ccccc1Br)N1CC(c2ccccc2)Nc2ccccc21. The standard InChI is InChI=1S/C21H17BrN2O/c22-17-11-5-4-10-16(17)21(25)24-14-19(15-8-2-1-3-9-15)23-18-12-6-7-13-20(18)24/h1-13,19,23H,14H2. The Hall–Kier alpha value is -2.59. The maximum atomic E-state index is 13.2. The van der Waals surface area contributed by atoms with Gasteiger partial charge in [-0.25, -0.2) is 0 Å². The van der Waals surface area contributed by atoms with Gasteiger partial charge in [0.2, 0.25) is 0 Å². The van der Waals surface area contributed by atoms with Crippen molar-refractivity contribution in [3.63, 3.8) is 0 Å². The van der Waals surface area contributed by atoms with E-state index in [4.69, 9.17) is 0 Å². The second kappa shape index (κ2) is 6.73. The summed E-state index contributed by atoms with van der Waals surface area (Å²) in [5, 5.41) is 3.56. The first-order valence-electron chi connectivity index (χ1n) is 8.21. The fraction of sp³-hybridized carbons (Fsp3) is 0.0952. The lowest BCUT2D eigenvalue weighted by Gasteiger charge is -2.36. The molecule has 0 bridgehead atoms. The molecule has 1 atom stereocenters. The monoisotopic (exact) mass is 392 g/mol. The summed E-state index contributed by atoms with van der Waals surface area (Å²) in [5.41, 5.74) is 3.73. The minimum absolute atomic E-state index is 0.00218. The molecule has 4 heteroatoms. The molecule has 3 nitrogen and oxygen atoms in total. The molecule has 124 valence electrons. The fourth-order valence-electron chi connectivity index (χ4n) is 3.19. The van der Waals surface area contributed by atoms with Crippen LogP contribution in [0.5, 0.6) is 0 Å². The lowest BCUT2D eigenvalue weighted by Crippen LogP contribution is -2.40. The minimum Gasteiger partial charge on any atom is -0.375 e. The van der Waals surface area contributed by atoms with Gasteiger partial charge in [-0.15, -0.1) is 0 Å². The summed E-state index contributed by atoms with van der Waals surface area (Å²) in [6, 6.07) is 25.8. The molecule has 0 spiro atoms. The van der Waals surface area contributed by atoms with E-state index in [2.05, 4.69) is 33.4 Å². The van der Waals surface area contributed by atoms with Crippen LogP contribution in [-0.2, 0) is 0 Å². The summed E-state index contributed by atoms with van der Waals surface area (Å²) in [6.07, 6.45) is 0. The number of anilines is 2. The molecule has 0 radical (unpaired) electrons. The van der Waals surface area contributed by atoms with Gasteiger partial charge in [0.15, 0.2) is 0 Å². The van der Waals surface area contributed by atoms with E-state index in [0.717, 1.165) is 15.8 Å². The highest BCUT2D eigenvalue weighted by Crippen LogP contribution is 2.36. The van der Waals surface area contributed by atoms with E-state index < -0.39 is 0 Å². The zero-order valence-corrected chi connectivity index (χ0v) is 15.1. The first-order valence-corrected chi connectivity index (χ1v) is 9.00. The fourth-order valence-corrected chi connectivity index (χ4v) is 3.65. The van der Waals surface area contributed by atoms with Gasteiger partial charge in [-0.1, -0.05) is 54.6 Å². The Morgan fingerprint density at radius 3 is 2.40 bits per heavy atom. The van der Waals surface area contributed by atoms with E-state index in [1.54, 1.807) is 0 Å². The van der Waals surface area contributed by atoms with Gasteiger partial charge in [0.25, 0.3) is 5.91 Å². The summed E-state index contributed by atoms with van der Waals surface area (Å²) < 4.78 is 0.812. The van der Waals surface area contributed by atoms with Gasteiger partial charge in [0.1, 0.15) is 0 Å². The molecule has 1 aliphatic heterocycles. The number of hydrogen-bond donors (Lipinski definition) is 1. The van der Waals surface area contributed by atoms with Crippen molar-refractivity contribution < 1.29 is 4.79 Å². The molecule has 3 aromatic rings. The number of halogens is 1.